The lowest BCUT2D eigenvalue weighted by atomic mass is 10.2. The summed E-state index contributed by atoms with van der Waals surface area (Å²) >= 11 is 0. The number of nitrogens with zero attached hydrogens (tertiary/aromatic N) is 3. The van der Waals surface area contributed by atoms with Crippen LogP contribution in [0.4, 0.5) is 5.69 Å². The molecule has 0 spiro atoms. The first-order chi connectivity index (χ1) is 9.56. The van der Waals surface area contributed by atoms with Crippen LogP contribution in [-0.2, 0) is 11.8 Å². The number of carbonyl (C=O) groups excluding carboxylic acids is 1. The van der Waals surface area contributed by atoms with Gasteiger partial charge >= 0.3 is 5.97 Å². The van der Waals surface area contributed by atoms with E-state index in [2.05, 4.69) is 15.4 Å². The quantitative estimate of drug-likeness (QED) is 0.814. The summed E-state index contributed by atoms with van der Waals surface area (Å²) < 4.78 is 1.61. The van der Waals surface area contributed by atoms with Gasteiger partial charge < -0.3 is 10.4 Å². The highest BCUT2D eigenvalue weighted by molar-refractivity contribution is 6.05. The predicted molar refractivity (Wildman–Crippen MR) is 72.1 cm³/mol. The van der Waals surface area contributed by atoms with Gasteiger partial charge in [0.2, 0.25) is 5.91 Å². The molecular weight excluding hydrogens is 260 g/mol. The second-order valence-corrected chi connectivity index (χ2v) is 3.97. The Morgan fingerprint density at radius 2 is 2.25 bits per heavy atom. The van der Waals surface area contributed by atoms with Crippen LogP contribution >= 0.6 is 0 Å². The predicted octanol–water partition coefficient (Wildman–Crippen LogP) is 1.17. The van der Waals surface area contributed by atoms with Crippen LogP contribution in [0.15, 0.2) is 36.8 Å². The third-order valence-corrected chi connectivity index (χ3v) is 2.42. The minimum absolute atomic E-state index is 0.154. The fraction of sp³-hybridized carbons (Fsp3) is 0.0769. The largest absolute Gasteiger partial charge is 0.476 e. The molecule has 7 nitrogen and oxygen atoms in total. The van der Waals surface area contributed by atoms with Crippen LogP contribution in [0.1, 0.15) is 16.1 Å². The average molecular weight is 272 g/mol. The van der Waals surface area contributed by atoms with Crippen LogP contribution < -0.4 is 5.32 Å². The standard InChI is InChI=1S/C13H12N4O3/c1-17-8-9(7-15-17)4-5-11(18)16-10-3-2-6-14-12(10)13(19)20/h2-8H,1H3,(H,16,18)(H,19,20)/b5-4+. The second-order valence-electron chi connectivity index (χ2n) is 3.97. The summed E-state index contributed by atoms with van der Waals surface area (Å²) in [4.78, 5) is 26.4. The second kappa shape index (κ2) is 5.79. The third kappa shape index (κ3) is 3.29. The van der Waals surface area contributed by atoms with Crippen molar-refractivity contribution in [1.29, 1.82) is 0 Å². The summed E-state index contributed by atoms with van der Waals surface area (Å²) in [5.41, 5.74) is 0.726. The van der Waals surface area contributed by atoms with Gasteiger partial charge in [-0.05, 0) is 18.2 Å². The molecule has 0 aliphatic heterocycles. The molecule has 0 fully saturated rings. The molecule has 2 aromatic rings. The lowest BCUT2D eigenvalue weighted by Crippen LogP contribution is -2.13. The van der Waals surface area contributed by atoms with Gasteiger partial charge in [0.15, 0.2) is 5.69 Å². The molecule has 0 aliphatic carbocycles. The molecule has 7 heteroatoms. The normalized spacial score (nSPS) is 10.7. The maximum atomic E-state index is 11.7. The number of carboxylic acid groups (broad SMARTS) is 1. The lowest BCUT2D eigenvalue weighted by molar-refractivity contribution is -0.111. The van der Waals surface area contributed by atoms with Crippen molar-refractivity contribution in [2.24, 2.45) is 7.05 Å². The average Bonchev–Trinajstić information content (AvgIpc) is 2.83. The number of amides is 1. The Morgan fingerprint density at radius 1 is 1.45 bits per heavy atom. The number of nitrogens with one attached hydrogen (secondary N) is 1. The van der Waals surface area contributed by atoms with Crippen LogP contribution in [0.3, 0.4) is 0 Å². The van der Waals surface area contributed by atoms with E-state index in [1.165, 1.54) is 18.3 Å². The van der Waals surface area contributed by atoms with Gasteiger partial charge in [-0.1, -0.05) is 0 Å². The van der Waals surface area contributed by atoms with Crippen LogP contribution in [0.5, 0.6) is 0 Å². The summed E-state index contributed by atoms with van der Waals surface area (Å²) in [6, 6.07) is 3.03. The molecule has 0 atom stereocenters. The molecule has 2 aromatic heterocycles. The molecule has 102 valence electrons. The monoisotopic (exact) mass is 272 g/mol. The van der Waals surface area contributed by atoms with Gasteiger partial charge in [0.1, 0.15) is 0 Å². The zero-order valence-electron chi connectivity index (χ0n) is 10.6. The Balaban J connectivity index is 2.09. The Bertz CT molecular complexity index is 676. The van der Waals surface area contributed by atoms with Crippen molar-refractivity contribution in [2.75, 3.05) is 5.32 Å². The van der Waals surface area contributed by atoms with Crippen molar-refractivity contribution >= 4 is 23.6 Å². The first-order valence-corrected chi connectivity index (χ1v) is 5.72. The Labute approximate surface area is 114 Å². The van der Waals surface area contributed by atoms with Crippen LogP contribution in [-0.4, -0.2) is 31.7 Å². The highest BCUT2D eigenvalue weighted by Gasteiger charge is 2.11. The third-order valence-electron chi connectivity index (χ3n) is 2.42. The lowest BCUT2D eigenvalue weighted by Gasteiger charge is -2.04. The van der Waals surface area contributed by atoms with E-state index in [0.29, 0.717) is 0 Å². The molecular formula is C13H12N4O3. The molecule has 0 bridgehead atoms. The van der Waals surface area contributed by atoms with Crippen molar-refractivity contribution in [1.82, 2.24) is 14.8 Å². The zero-order valence-corrected chi connectivity index (χ0v) is 10.6. The van der Waals surface area contributed by atoms with E-state index in [-0.39, 0.29) is 11.4 Å². The summed E-state index contributed by atoms with van der Waals surface area (Å²) in [7, 11) is 1.77. The molecule has 0 unspecified atom stereocenters. The summed E-state index contributed by atoms with van der Waals surface area (Å²) in [5.74, 6) is -1.64. The number of aromatic nitrogens is 3. The number of anilines is 1. The Hall–Kier alpha value is -2.96. The van der Waals surface area contributed by atoms with E-state index < -0.39 is 11.9 Å². The van der Waals surface area contributed by atoms with Crippen LogP contribution in [0.2, 0.25) is 0 Å². The van der Waals surface area contributed by atoms with Gasteiger partial charge in [0.05, 0.1) is 11.9 Å². The van der Waals surface area contributed by atoms with Gasteiger partial charge in [-0.2, -0.15) is 5.10 Å². The number of hydrogen-bond acceptors (Lipinski definition) is 4. The molecule has 0 saturated heterocycles. The van der Waals surface area contributed by atoms with E-state index in [0.717, 1.165) is 5.56 Å². The summed E-state index contributed by atoms with van der Waals surface area (Å²) in [5, 5.41) is 15.4. The molecule has 2 rings (SSSR count). The van der Waals surface area contributed by atoms with E-state index in [4.69, 9.17) is 5.11 Å². The van der Waals surface area contributed by atoms with Crippen molar-refractivity contribution in [2.45, 2.75) is 0 Å². The number of aromatic carboxylic acids is 1. The van der Waals surface area contributed by atoms with E-state index >= 15 is 0 Å². The maximum Gasteiger partial charge on any atom is 0.356 e. The van der Waals surface area contributed by atoms with Gasteiger partial charge in [-0.15, -0.1) is 0 Å². The first kappa shape index (κ1) is 13.5. The van der Waals surface area contributed by atoms with Crippen molar-refractivity contribution < 1.29 is 14.7 Å². The van der Waals surface area contributed by atoms with Crippen molar-refractivity contribution in [3.8, 4) is 0 Å². The number of carbonyl (C=O) groups is 2. The van der Waals surface area contributed by atoms with Crippen molar-refractivity contribution in [3.05, 3.63) is 48.1 Å². The van der Waals surface area contributed by atoms with Gasteiger partial charge in [0, 0.05) is 31.1 Å². The van der Waals surface area contributed by atoms with Gasteiger partial charge in [0.25, 0.3) is 0 Å². The van der Waals surface area contributed by atoms with Crippen molar-refractivity contribution in [3.63, 3.8) is 0 Å². The topological polar surface area (TPSA) is 97.1 Å². The van der Waals surface area contributed by atoms with Gasteiger partial charge in [-0.3, -0.25) is 9.48 Å². The molecule has 0 saturated carbocycles. The fourth-order valence-electron chi connectivity index (χ4n) is 1.55. The number of aryl methyl sites for hydroxylation is 1. The molecule has 0 radical (unpaired) electrons. The SMILES string of the molecule is Cn1cc(/C=C/C(=O)Nc2cccnc2C(=O)O)cn1. The number of rotatable bonds is 4. The Kier molecular flexibility index (Phi) is 3.90. The highest BCUT2D eigenvalue weighted by Crippen LogP contribution is 2.12. The molecule has 0 aromatic carbocycles. The van der Waals surface area contributed by atoms with E-state index in [9.17, 15) is 9.59 Å². The maximum absolute atomic E-state index is 11.7. The molecule has 0 aliphatic rings. The molecule has 20 heavy (non-hydrogen) atoms. The van der Waals surface area contributed by atoms with E-state index in [1.54, 1.807) is 36.3 Å². The molecule has 2 heterocycles. The minimum Gasteiger partial charge on any atom is -0.476 e. The summed E-state index contributed by atoms with van der Waals surface area (Å²) in [6.07, 6.45) is 7.59. The van der Waals surface area contributed by atoms with Crippen LogP contribution in [0.25, 0.3) is 6.08 Å². The zero-order chi connectivity index (χ0) is 14.5. The minimum atomic E-state index is -1.20. The number of pyridine rings is 1. The summed E-state index contributed by atoms with van der Waals surface area (Å²) in [6.45, 7) is 0. The van der Waals surface area contributed by atoms with E-state index in [1.807, 2.05) is 0 Å². The number of hydrogen-bond donors (Lipinski definition) is 2. The smallest absolute Gasteiger partial charge is 0.356 e. The first-order valence-electron chi connectivity index (χ1n) is 5.72. The van der Waals surface area contributed by atoms with Crippen LogP contribution in [0, 0.1) is 0 Å². The van der Waals surface area contributed by atoms with Gasteiger partial charge in [-0.25, -0.2) is 9.78 Å². The molecule has 1 amide bonds. The number of carboxylic acids is 1. The highest BCUT2D eigenvalue weighted by atomic mass is 16.4. The fourth-order valence-corrected chi connectivity index (χ4v) is 1.55. The Morgan fingerprint density at radius 3 is 2.90 bits per heavy atom. The molecule has 2 N–H and O–H groups in total.